The minimum absolute atomic E-state index is 0.0890. The number of carbonyl (C=O) groups is 3. The summed E-state index contributed by atoms with van der Waals surface area (Å²) >= 11 is 2.76. The van der Waals surface area contributed by atoms with Gasteiger partial charge in [-0.15, -0.1) is 11.3 Å². The number of hydrogen-bond acceptors (Lipinski definition) is 9. The number of aliphatic hydroxyl groups excluding tert-OH is 2. The molecule has 206 valence electrons. The number of carbonyl (C=O) groups excluding carboxylic acids is 3. The minimum atomic E-state index is -1.27. The number of ether oxygens (including phenoxy) is 1. The van der Waals surface area contributed by atoms with Gasteiger partial charge in [0.25, 0.3) is 5.24 Å². The summed E-state index contributed by atoms with van der Waals surface area (Å²) in [6.07, 6.45) is 1.41. The number of thiazole rings is 1. The molecule has 0 saturated carbocycles. The average molecular weight is 553 g/mol. The third-order valence-electron chi connectivity index (χ3n) is 7.76. The highest BCUT2D eigenvalue weighted by Crippen LogP contribution is 2.35. The van der Waals surface area contributed by atoms with E-state index in [0.29, 0.717) is 12.8 Å². The van der Waals surface area contributed by atoms with Crippen LogP contribution in [0.15, 0.2) is 11.0 Å². The summed E-state index contributed by atoms with van der Waals surface area (Å²) in [6.45, 7) is 10.6. The van der Waals surface area contributed by atoms with Crippen LogP contribution in [0, 0.1) is 24.2 Å². The number of amides is 1. The van der Waals surface area contributed by atoms with Crippen molar-refractivity contribution in [1.29, 1.82) is 0 Å². The van der Waals surface area contributed by atoms with Gasteiger partial charge in [-0.1, -0.05) is 45.9 Å². The van der Waals surface area contributed by atoms with Crippen LogP contribution in [0.2, 0.25) is 0 Å². The summed E-state index contributed by atoms with van der Waals surface area (Å²) in [4.78, 5) is 43.1. The van der Waals surface area contributed by atoms with Crippen LogP contribution in [0.3, 0.4) is 0 Å². The lowest BCUT2D eigenvalue weighted by Gasteiger charge is -2.35. The molecule has 10 heteroatoms. The quantitative estimate of drug-likeness (QED) is 0.458. The lowest BCUT2D eigenvalue weighted by Crippen LogP contribution is -2.46. The zero-order chi connectivity index (χ0) is 27.5. The van der Waals surface area contributed by atoms with Crippen LogP contribution in [-0.2, 0) is 14.3 Å². The van der Waals surface area contributed by atoms with E-state index in [1.165, 1.54) is 23.1 Å². The second kappa shape index (κ2) is 12.4. The van der Waals surface area contributed by atoms with Gasteiger partial charge in [0, 0.05) is 29.0 Å². The highest BCUT2D eigenvalue weighted by molar-refractivity contribution is 8.14. The van der Waals surface area contributed by atoms with E-state index in [4.69, 9.17) is 4.74 Å². The zero-order valence-corrected chi connectivity index (χ0v) is 24.2. The van der Waals surface area contributed by atoms with Crippen LogP contribution < -0.4 is 5.32 Å². The van der Waals surface area contributed by atoms with Gasteiger partial charge >= 0.3 is 5.97 Å². The first kappa shape index (κ1) is 29.8. The fourth-order valence-electron chi connectivity index (χ4n) is 5.13. The van der Waals surface area contributed by atoms with Crippen LogP contribution >= 0.6 is 23.1 Å². The van der Waals surface area contributed by atoms with Crippen LogP contribution in [0.25, 0.3) is 6.08 Å². The first-order valence-corrected chi connectivity index (χ1v) is 14.7. The molecule has 0 radical (unpaired) electrons. The van der Waals surface area contributed by atoms with E-state index in [0.717, 1.165) is 29.1 Å². The smallest absolute Gasteiger partial charge is 0.309 e. The van der Waals surface area contributed by atoms with Crippen LogP contribution in [-0.4, -0.2) is 61.8 Å². The summed E-state index contributed by atoms with van der Waals surface area (Å²) < 4.78 is 5.89. The zero-order valence-electron chi connectivity index (χ0n) is 22.5. The number of rotatable bonds is 2. The molecule has 2 fully saturated rings. The molecule has 3 heterocycles. The van der Waals surface area contributed by atoms with Crippen molar-refractivity contribution >= 4 is 46.2 Å². The van der Waals surface area contributed by atoms with Gasteiger partial charge < -0.3 is 20.3 Å². The molecule has 0 aliphatic carbocycles. The molecule has 37 heavy (non-hydrogen) atoms. The Bertz CT molecular complexity index is 1020. The summed E-state index contributed by atoms with van der Waals surface area (Å²) in [5, 5.41) is 27.5. The number of esters is 1. The van der Waals surface area contributed by atoms with Crippen molar-refractivity contribution in [2.75, 3.05) is 0 Å². The molecular weight excluding hydrogens is 512 g/mol. The Labute approximate surface area is 227 Å². The van der Waals surface area contributed by atoms with E-state index in [9.17, 15) is 24.6 Å². The largest absolute Gasteiger partial charge is 0.458 e. The normalized spacial score (nSPS) is 34.5. The lowest BCUT2D eigenvalue weighted by molar-refractivity contribution is -0.154. The van der Waals surface area contributed by atoms with Crippen molar-refractivity contribution in [3.63, 3.8) is 0 Å². The summed E-state index contributed by atoms with van der Waals surface area (Å²) in [5.74, 6) is -1.73. The molecule has 3 rings (SSSR count). The number of fused-ring (bicyclic) bond motifs is 1. The minimum Gasteiger partial charge on any atom is -0.458 e. The molecule has 1 unspecified atom stereocenters. The predicted octanol–water partition coefficient (Wildman–Crippen LogP) is 4.51. The predicted molar refractivity (Wildman–Crippen MR) is 146 cm³/mol. The number of aromatic nitrogens is 1. The fraction of sp³-hybridized carbons (Fsp3) is 0.704. The Hall–Kier alpha value is -1.75. The van der Waals surface area contributed by atoms with Crippen molar-refractivity contribution in [3.8, 4) is 0 Å². The van der Waals surface area contributed by atoms with Gasteiger partial charge in [-0.05, 0) is 44.3 Å². The van der Waals surface area contributed by atoms with E-state index >= 15 is 0 Å². The van der Waals surface area contributed by atoms with Gasteiger partial charge in [-0.3, -0.25) is 14.4 Å². The summed E-state index contributed by atoms with van der Waals surface area (Å²) in [6, 6.07) is -0.0890. The van der Waals surface area contributed by atoms with Crippen molar-refractivity contribution in [2.24, 2.45) is 17.3 Å². The second-order valence-corrected chi connectivity index (χ2v) is 13.4. The standard InChI is InChI=1S/C27H40N2O6S2/c1-14-8-7-9-19-21(37-26(34)29-19)11-20(15(2)10-18-13-36-17(4)28-18)35-23(31)12-22(30)27(5,6)25(33)16(3)24(14)32/h10,13-14,16,19-22,24,30,32H,7-9,11-12H2,1-6H3,(H,29,34)/b15-10+/t14-,16+,19?,20-,21-,22-,24-/m0/s1. The Morgan fingerprint density at radius 2 is 1.92 bits per heavy atom. The number of ketones is 1. The van der Waals surface area contributed by atoms with Crippen LogP contribution in [0.5, 0.6) is 0 Å². The Morgan fingerprint density at radius 1 is 1.22 bits per heavy atom. The maximum Gasteiger partial charge on any atom is 0.309 e. The molecule has 2 aliphatic rings. The monoisotopic (exact) mass is 552 g/mol. The van der Waals surface area contributed by atoms with E-state index in [1.54, 1.807) is 20.8 Å². The molecule has 1 aromatic heterocycles. The number of aliphatic hydroxyl groups is 2. The molecule has 2 saturated heterocycles. The van der Waals surface area contributed by atoms with Gasteiger partial charge in [0.05, 0.1) is 34.7 Å². The molecule has 1 aromatic rings. The SMILES string of the molecule is C/C(=C\c1csc(C)n1)[C@@H]1C[C@@H]2SC(=O)NC2CCC[C@H](C)[C@H](O)[C@@H](C)C(=O)C(C)(C)[C@@H](O)CC(=O)O1. The number of Topliss-reactive ketones (excluding diaryl/α,β-unsaturated/α-hetero) is 1. The number of nitrogens with zero attached hydrogens (tertiary/aromatic N) is 1. The first-order chi connectivity index (χ1) is 17.3. The lowest BCUT2D eigenvalue weighted by atomic mass is 9.73. The number of aryl methyl sites for hydroxylation is 1. The van der Waals surface area contributed by atoms with E-state index < -0.39 is 35.6 Å². The molecule has 7 atom stereocenters. The molecule has 3 N–H and O–H groups in total. The molecular formula is C27H40N2O6S2. The Balaban J connectivity index is 1.91. The van der Waals surface area contributed by atoms with Crippen molar-refractivity contribution < 1.29 is 29.3 Å². The molecule has 2 aliphatic heterocycles. The molecule has 0 bridgehead atoms. The van der Waals surface area contributed by atoms with Crippen molar-refractivity contribution in [3.05, 3.63) is 21.7 Å². The van der Waals surface area contributed by atoms with E-state index in [2.05, 4.69) is 10.3 Å². The van der Waals surface area contributed by atoms with E-state index in [-0.39, 0.29) is 34.7 Å². The third kappa shape index (κ3) is 7.43. The number of nitrogens with one attached hydrogen (secondary N) is 1. The van der Waals surface area contributed by atoms with Crippen molar-refractivity contribution in [2.45, 2.75) is 103 Å². The fourth-order valence-corrected chi connectivity index (χ4v) is 6.83. The first-order valence-electron chi connectivity index (χ1n) is 13.0. The van der Waals surface area contributed by atoms with Gasteiger partial charge in [-0.2, -0.15) is 0 Å². The van der Waals surface area contributed by atoms with Gasteiger partial charge in [0.1, 0.15) is 11.9 Å². The van der Waals surface area contributed by atoms with E-state index in [1.807, 2.05) is 32.2 Å². The number of thioether (sulfide) groups is 1. The summed E-state index contributed by atoms with van der Waals surface area (Å²) in [7, 11) is 0. The highest BCUT2D eigenvalue weighted by atomic mass is 32.2. The maximum absolute atomic E-state index is 13.3. The Kier molecular flexibility index (Phi) is 9.99. The van der Waals surface area contributed by atoms with Crippen LogP contribution in [0.1, 0.15) is 77.4 Å². The van der Waals surface area contributed by atoms with Gasteiger partial charge in [0.15, 0.2) is 0 Å². The number of cyclic esters (lactones) is 1. The Morgan fingerprint density at radius 3 is 2.57 bits per heavy atom. The topological polar surface area (TPSA) is 126 Å². The molecule has 1 amide bonds. The number of hydrogen-bond donors (Lipinski definition) is 3. The van der Waals surface area contributed by atoms with Crippen molar-refractivity contribution in [1.82, 2.24) is 10.3 Å². The molecule has 8 nitrogen and oxygen atoms in total. The average Bonchev–Trinajstić information content (AvgIpc) is 3.40. The second-order valence-electron chi connectivity index (χ2n) is 11.1. The molecule has 0 spiro atoms. The molecule has 0 aromatic carbocycles. The highest BCUT2D eigenvalue weighted by Gasteiger charge is 2.43. The van der Waals surface area contributed by atoms with Crippen LogP contribution in [0.4, 0.5) is 4.79 Å². The van der Waals surface area contributed by atoms with Gasteiger partial charge in [0.2, 0.25) is 0 Å². The third-order valence-corrected chi connectivity index (χ3v) is 9.71. The van der Waals surface area contributed by atoms with Gasteiger partial charge in [-0.25, -0.2) is 4.98 Å². The summed E-state index contributed by atoms with van der Waals surface area (Å²) in [5.41, 5.74) is 0.340. The maximum atomic E-state index is 13.3.